The van der Waals surface area contributed by atoms with E-state index in [-0.39, 0.29) is 18.4 Å². The Labute approximate surface area is 205 Å². The molecule has 3 atom stereocenters. The lowest BCUT2D eigenvalue weighted by Crippen LogP contribution is -2.58. The molecule has 1 saturated heterocycles. The number of hydrogen-bond donors (Lipinski definition) is 3. The number of likely N-dealkylation sites (tertiary alicyclic amines) is 1. The molecule has 2 rings (SSSR count). The van der Waals surface area contributed by atoms with E-state index in [2.05, 4.69) is 16.0 Å². The second kappa shape index (κ2) is 12.5. The van der Waals surface area contributed by atoms with Crippen LogP contribution in [0.1, 0.15) is 34.1 Å². The number of carbonyl (C=O) groups is 4. The van der Waals surface area contributed by atoms with Crippen LogP contribution in [0.5, 0.6) is 0 Å². The van der Waals surface area contributed by atoms with Crippen molar-refractivity contribution in [3.05, 3.63) is 35.9 Å². The lowest BCUT2D eigenvalue weighted by atomic mass is 10.0. The normalized spacial score (nSPS) is 18.1. The molecule has 4 amide bonds. The summed E-state index contributed by atoms with van der Waals surface area (Å²) in [5.74, 6) is -1.64. The summed E-state index contributed by atoms with van der Waals surface area (Å²) in [6.45, 7) is 7.45. The topological polar surface area (TPSA) is 117 Å². The van der Waals surface area contributed by atoms with E-state index in [4.69, 9.17) is 4.74 Å². The molecule has 1 aliphatic heterocycles. The number of carbonyl (C=O) groups excluding carboxylic acids is 4. The van der Waals surface area contributed by atoms with Crippen molar-refractivity contribution in [3.8, 4) is 0 Å². The Morgan fingerprint density at radius 2 is 1.91 bits per heavy atom. The Balaban J connectivity index is 2.23. The van der Waals surface area contributed by atoms with Gasteiger partial charge in [0.15, 0.2) is 0 Å². The minimum Gasteiger partial charge on any atom is -0.467 e. The zero-order valence-electron chi connectivity index (χ0n) is 20.5. The zero-order valence-corrected chi connectivity index (χ0v) is 21.3. The van der Waals surface area contributed by atoms with Gasteiger partial charge in [0.2, 0.25) is 11.8 Å². The second-order valence-corrected chi connectivity index (χ2v) is 9.56. The van der Waals surface area contributed by atoms with Gasteiger partial charge in [-0.3, -0.25) is 9.59 Å². The molecule has 0 aromatic heterocycles. The SMILES string of the molecule is COC(=O)[C@H](NC(=O)[C@@H]1[C@@H](NC(=O)Nc2cccc(SC)c2)CCN1C(=O)C=C(C)C)C(C)C. The number of nitrogens with one attached hydrogen (secondary N) is 3. The van der Waals surface area contributed by atoms with Gasteiger partial charge in [-0.05, 0) is 50.6 Å². The van der Waals surface area contributed by atoms with Crippen LogP contribution in [0.25, 0.3) is 0 Å². The fourth-order valence-electron chi connectivity index (χ4n) is 3.74. The third kappa shape index (κ3) is 7.24. The van der Waals surface area contributed by atoms with Crippen LogP contribution in [0, 0.1) is 5.92 Å². The number of nitrogens with zero attached hydrogens (tertiary/aromatic N) is 1. The number of amides is 4. The van der Waals surface area contributed by atoms with Crippen LogP contribution in [0.4, 0.5) is 10.5 Å². The maximum atomic E-state index is 13.3. The summed E-state index contributed by atoms with van der Waals surface area (Å²) < 4.78 is 4.82. The zero-order chi connectivity index (χ0) is 25.4. The highest BCUT2D eigenvalue weighted by atomic mass is 32.2. The van der Waals surface area contributed by atoms with E-state index in [1.807, 2.05) is 24.5 Å². The predicted molar refractivity (Wildman–Crippen MR) is 132 cm³/mol. The van der Waals surface area contributed by atoms with E-state index < -0.39 is 36.0 Å². The van der Waals surface area contributed by atoms with Gasteiger partial charge in [0.1, 0.15) is 12.1 Å². The number of hydrogen-bond acceptors (Lipinski definition) is 6. The lowest BCUT2D eigenvalue weighted by Gasteiger charge is -2.29. The van der Waals surface area contributed by atoms with Crippen molar-refractivity contribution in [2.24, 2.45) is 5.92 Å². The van der Waals surface area contributed by atoms with Crippen molar-refractivity contribution in [1.82, 2.24) is 15.5 Å². The molecule has 0 saturated carbocycles. The van der Waals surface area contributed by atoms with Crippen LogP contribution in [-0.2, 0) is 19.1 Å². The first-order chi connectivity index (χ1) is 16.1. The Hall–Kier alpha value is -3.01. The first-order valence-corrected chi connectivity index (χ1v) is 12.3. The van der Waals surface area contributed by atoms with Crippen LogP contribution in [0.15, 0.2) is 40.8 Å². The lowest BCUT2D eigenvalue weighted by molar-refractivity contribution is -0.147. The second-order valence-electron chi connectivity index (χ2n) is 8.68. The fraction of sp³-hybridized carbons (Fsp3) is 0.500. The smallest absolute Gasteiger partial charge is 0.328 e. The van der Waals surface area contributed by atoms with Gasteiger partial charge < -0.3 is 25.6 Å². The molecule has 10 heteroatoms. The number of methoxy groups -OCH3 is 1. The quantitative estimate of drug-likeness (QED) is 0.293. The first-order valence-electron chi connectivity index (χ1n) is 11.1. The third-order valence-corrected chi connectivity index (χ3v) is 6.15. The molecule has 0 bridgehead atoms. The van der Waals surface area contributed by atoms with Crippen LogP contribution >= 0.6 is 11.8 Å². The average Bonchev–Trinajstić information content (AvgIpc) is 3.19. The average molecular weight is 491 g/mol. The summed E-state index contributed by atoms with van der Waals surface area (Å²) in [6, 6.07) is 4.43. The Morgan fingerprint density at radius 3 is 2.50 bits per heavy atom. The largest absolute Gasteiger partial charge is 0.467 e. The van der Waals surface area contributed by atoms with Crippen LogP contribution in [-0.4, -0.2) is 66.8 Å². The Morgan fingerprint density at radius 1 is 1.21 bits per heavy atom. The molecule has 9 nitrogen and oxygen atoms in total. The predicted octanol–water partition coefficient (Wildman–Crippen LogP) is 2.78. The van der Waals surface area contributed by atoms with Crippen molar-refractivity contribution in [2.45, 2.75) is 57.1 Å². The van der Waals surface area contributed by atoms with Gasteiger partial charge in [0.05, 0.1) is 13.2 Å². The van der Waals surface area contributed by atoms with Gasteiger partial charge >= 0.3 is 12.0 Å². The highest BCUT2D eigenvalue weighted by Crippen LogP contribution is 2.22. The molecule has 0 spiro atoms. The van der Waals surface area contributed by atoms with Gasteiger partial charge in [-0.25, -0.2) is 9.59 Å². The van der Waals surface area contributed by atoms with E-state index in [1.165, 1.54) is 18.1 Å². The van der Waals surface area contributed by atoms with Crippen molar-refractivity contribution < 1.29 is 23.9 Å². The monoisotopic (exact) mass is 490 g/mol. The summed E-state index contributed by atoms with van der Waals surface area (Å²) in [6.07, 6.45) is 3.79. The molecular weight excluding hydrogens is 456 g/mol. The van der Waals surface area contributed by atoms with E-state index in [0.717, 1.165) is 10.5 Å². The number of esters is 1. The molecule has 186 valence electrons. The summed E-state index contributed by atoms with van der Waals surface area (Å²) in [5, 5.41) is 8.33. The summed E-state index contributed by atoms with van der Waals surface area (Å²) in [4.78, 5) is 53.4. The molecule has 1 aromatic rings. The number of rotatable bonds is 8. The van der Waals surface area contributed by atoms with Crippen LogP contribution in [0.3, 0.4) is 0 Å². The molecule has 3 N–H and O–H groups in total. The maximum absolute atomic E-state index is 13.3. The van der Waals surface area contributed by atoms with E-state index in [0.29, 0.717) is 12.1 Å². The van der Waals surface area contributed by atoms with Crippen LogP contribution < -0.4 is 16.0 Å². The molecule has 1 aromatic carbocycles. The molecule has 1 aliphatic rings. The summed E-state index contributed by atoms with van der Waals surface area (Å²) in [5.41, 5.74) is 1.41. The number of anilines is 1. The third-order valence-electron chi connectivity index (χ3n) is 5.43. The number of ether oxygens (including phenoxy) is 1. The van der Waals surface area contributed by atoms with E-state index in [9.17, 15) is 19.2 Å². The fourth-order valence-corrected chi connectivity index (χ4v) is 4.20. The van der Waals surface area contributed by atoms with Gasteiger partial charge in [0, 0.05) is 23.2 Å². The van der Waals surface area contributed by atoms with Crippen molar-refractivity contribution in [1.29, 1.82) is 0 Å². The molecule has 0 aliphatic carbocycles. The van der Waals surface area contributed by atoms with Gasteiger partial charge in [-0.15, -0.1) is 11.8 Å². The number of allylic oxidation sites excluding steroid dienone is 1. The van der Waals surface area contributed by atoms with Gasteiger partial charge in [-0.1, -0.05) is 25.5 Å². The van der Waals surface area contributed by atoms with Gasteiger partial charge in [-0.2, -0.15) is 0 Å². The standard InChI is InChI=1S/C24H34N4O5S/c1-14(2)12-19(29)28-11-10-18(21(28)22(30)27-20(15(3)4)23(31)33-5)26-24(32)25-16-8-7-9-17(13-16)34-6/h7-9,12-13,15,18,20-21H,10-11H2,1-6H3,(H,27,30)(H2,25,26,32)/t18-,20+,21-/m0/s1. The minimum absolute atomic E-state index is 0.224. The Bertz CT molecular complexity index is 945. The van der Waals surface area contributed by atoms with Crippen molar-refractivity contribution in [3.63, 3.8) is 0 Å². The molecular formula is C24H34N4O5S. The molecule has 34 heavy (non-hydrogen) atoms. The maximum Gasteiger partial charge on any atom is 0.328 e. The number of thioether (sulfide) groups is 1. The molecule has 0 unspecified atom stereocenters. The van der Waals surface area contributed by atoms with Crippen molar-refractivity contribution >= 4 is 41.3 Å². The molecule has 1 fully saturated rings. The van der Waals surface area contributed by atoms with E-state index in [1.54, 1.807) is 45.5 Å². The van der Waals surface area contributed by atoms with Crippen LogP contribution in [0.2, 0.25) is 0 Å². The highest BCUT2D eigenvalue weighted by molar-refractivity contribution is 7.98. The van der Waals surface area contributed by atoms with Crippen molar-refractivity contribution in [2.75, 3.05) is 25.2 Å². The summed E-state index contributed by atoms with van der Waals surface area (Å²) >= 11 is 1.56. The molecule has 0 radical (unpaired) electrons. The number of urea groups is 1. The minimum atomic E-state index is -0.975. The van der Waals surface area contributed by atoms with Gasteiger partial charge in [0.25, 0.3) is 0 Å². The summed E-state index contributed by atoms with van der Waals surface area (Å²) in [7, 11) is 1.25. The van der Waals surface area contributed by atoms with E-state index >= 15 is 0 Å². The highest BCUT2D eigenvalue weighted by Gasteiger charge is 2.43. The Kier molecular flexibility index (Phi) is 9.97. The first kappa shape index (κ1) is 27.2. The number of benzene rings is 1. The molecule has 1 heterocycles.